The van der Waals surface area contributed by atoms with Crippen LogP contribution < -0.4 is 4.74 Å². The quantitative estimate of drug-likeness (QED) is 0.827. The molecular weight excluding hydrogens is 274 g/mol. The largest absolute Gasteiger partial charge is 0.493 e. The third-order valence-corrected chi connectivity index (χ3v) is 4.50. The molecule has 1 aromatic rings. The van der Waals surface area contributed by atoms with Gasteiger partial charge in [-0.1, -0.05) is 39.2 Å². The van der Waals surface area contributed by atoms with Gasteiger partial charge < -0.3 is 9.84 Å². The lowest BCUT2D eigenvalue weighted by Gasteiger charge is -2.22. The van der Waals surface area contributed by atoms with E-state index in [0.29, 0.717) is 11.8 Å². The molecule has 120 valence electrons. The molecule has 0 saturated heterocycles. The van der Waals surface area contributed by atoms with E-state index in [0.717, 1.165) is 23.5 Å². The van der Waals surface area contributed by atoms with E-state index in [9.17, 15) is 5.11 Å². The van der Waals surface area contributed by atoms with Gasteiger partial charge in [-0.25, -0.2) is 0 Å². The Balaban J connectivity index is 2.09. The summed E-state index contributed by atoms with van der Waals surface area (Å²) in [6.45, 7) is 5.01. The minimum Gasteiger partial charge on any atom is -0.493 e. The Hall–Kier alpha value is -1.53. The van der Waals surface area contributed by atoms with E-state index < -0.39 is 6.10 Å². The molecule has 0 radical (unpaired) electrons. The van der Waals surface area contributed by atoms with Crippen LogP contribution in [0.25, 0.3) is 0 Å². The molecular formula is C19H27NO2. The Morgan fingerprint density at radius 2 is 1.86 bits per heavy atom. The molecule has 22 heavy (non-hydrogen) atoms. The van der Waals surface area contributed by atoms with Crippen molar-refractivity contribution in [1.82, 2.24) is 0 Å². The molecule has 1 unspecified atom stereocenters. The van der Waals surface area contributed by atoms with E-state index in [1.165, 1.54) is 32.1 Å². The first-order valence-electron chi connectivity index (χ1n) is 8.43. The summed E-state index contributed by atoms with van der Waals surface area (Å²) in [6.07, 6.45) is 5.87. The molecule has 1 saturated carbocycles. The van der Waals surface area contributed by atoms with E-state index in [1.807, 2.05) is 18.2 Å². The van der Waals surface area contributed by atoms with Crippen molar-refractivity contribution in [1.29, 1.82) is 5.26 Å². The Morgan fingerprint density at radius 3 is 2.50 bits per heavy atom. The summed E-state index contributed by atoms with van der Waals surface area (Å²) in [5, 5.41) is 18.9. The lowest BCUT2D eigenvalue weighted by atomic mass is 9.90. The Morgan fingerprint density at radius 1 is 1.18 bits per heavy atom. The molecule has 1 fully saturated rings. The topological polar surface area (TPSA) is 53.2 Å². The lowest BCUT2D eigenvalue weighted by Crippen LogP contribution is -2.15. The summed E-state index contributed by atoms with van der Waals surface area (Å²) in [5.74, 6) is 1.85. The van der Waals surface area contributed by atoms with Gasteiger partial charge in [0.15, 0.2) is 0 Å². The summed E-state index contributed by atoms with van der Waals surface area (Å²) in [7, 11) is 0. The van der Waals surface area contributed by atoms with Crippen molar-refractivity contribution in [2.75, 3.05) is 6.61 Å². The summed E-state index contributed by atoms with van der Waals surface area (Å²) < 4.78 is 6.01. The molecule has 1 aliphatic rings. The maximum Gasteiger partial charge on any atom is 0.119 e. The second-order valence-corrected chi connectivity index (χ2v) is 6.68. The maximum atomic E-state index is 10.1. The number of nitriles is 1. The molecule has 0 spiro atoms. The predicted molar refractivity (Wildman–Crippen MR) is 87.8 cm³/mol. The molecule has 1 aliphatic carbocycles. The van der Waals surface area contributed by atoms with Crippen LogP contribution in [-0.4, -0.2) is 11.7 Å². The second-order valence-electron chi connectivity index (χ2n) is 6.68. The zero-order valence-electron chi connectivity index (χ0n) is 13.7. The molecule has 0 bridgehead atoms. The standard InChI is InChI=1S/C19H27NO2/c1-14(2)16-10-17(19(21)8-9-20)12-18(11-16)22-13-15-6-4-3-5-7-15/h10-12,14-15,19,21H,3-8,13H2,1-2H3. The highest BCUT2D eigenvalue weighted by Crippen LogP contribution is 2.29. The first-order valence-corrected chi connectivity index (χ1v) is 8.43. The van der Waals surface area contributed by atoms with Crippen molar-refractivity contribution in [2.24, 2.45) is 5.92 Å². The highest BCUT2D eigenvalue weighted by atomic mass is 16.5. The normalized spacial score (nSPS) is 17.2. The highest BCUT2D eigenvalue weighted by Gasteiger charge is 2.16. The molecule has 0 heterocycles. The Labute approximate surface area is 133 Å². The molecule has 0 amide bonds. The number of nitrogens with zero attached hydrogens (tertiary/aromatic N) is 1. The lowest BCUT2D eigenvalue weighted by molar-refractivity contribution is 0.181. The summed E-state index contributed by atoms with van der Waals surface area (Å²) in [4.78, 5) is 0. The van der Waals surface area contributed by atoms with Crippen LogP contribution in [0.1, 0.15) is 75.5 Å². The average Bonchev–Trinajstić information content (AvgIpc) is 2.54. The molecule has 3 nitrogen and oxygen atoms in total. The third kappa shape index (κ3) is 4.74. The molecule has 2 rings (SSSR count). The van der Waals surface area contributed by atoms with Crippen LogP contribution in [0.15, 0.2) is 18.2 Å². The average molecular weight is 301 g/mol. The summed E-state index contributed by atoms with van der Waals surface area (Å²) >= 11 is 0. The van der Waals surface area contributed by atoms with Gasteiger partial charge in [0.25, 0.3) is 0 Å². The van der Waals surface area contributed by atoms with Crippen LogP contribution in [0.3, 0.4) is 0 Å². The monoisotopic (exact) mass is 301 g/mol. The van der Waals surface area contributed by atoms with E-state index in [1.54, 1.807) is 0 Å². The molecule has 1 atom stereocenters. The molecule has 3 heteroatoms. The molecule has 0 aromatic heterocycles. The highest BCUT2D eigenvalue weighted by molar-refractivity contribution is 5.37. The third-order valence-electron chi connectivity index (χ3n) is 4.50. The second kappa shape index (κ2) is 8.19. The van der Waals surface area contributed by atoms with Crippen molar-refractivity contribution in [3.63, 3.8) is 0 Å². The number of aliphatic hydroxyl groups excluding tert-OH is 1. The number of aliphatic hydroxyl groups is 1. The number of hydrogen-bond acceptors (Lipinski definition) is 3. The maximum absolute atomic E-state index is 10.1. The number of hydrogen-bond donors (Lipinski definition) is 1. The van der Waals surface area contributed by atoms with Crippen molar-refractivity contribution in [3.8, 4) is 11.8 Å². The molecule has 0 aliphatic heterocycles. The van der Waals surface area contributed by atoms with Gasteiger partial charge in [0.2, 0.25) is 0 Å². The van der Waals surface area contributed by atoms with E-state index in [2.05, 4.69) is 19.9 Å². The number of rotatable bonds is 6. The first-order chi connectivity index (χ1) is 10.6. The van der Waals surface area contributed by atoms with Crippen molar-refractivity contribution in [3.05, 3.63) is 29.3 Å². The fourth-order valence-corrected chi connectivity index (χ4v) is 3.03. The van der Waals surface area contributed by atoms with E-state index >= 15 is 0 Å². The van der Waals surface area contributed by atoms with Gasteiger partial charge in [-0.15, -0.1) is 0 Å². The van der Waals surface area contributed by atoms with Crippen LogP contribution in [0.5, 0.6) is 5.75 Å². The zero-order valence-corrected chi connectivity index (χ0v) is 13.7. The van der Waals surface area contributed by atoms with Gasteiger partial charge in [0, 0.05) is 0 Å². The first kappa shape index (κ1) is 16.8. The van der Waals surface area contributed by atoms with Crippen LogP contribution in [0.4, 0.5) is 0 Å². The summed E-state index contributed by atoms with van der Waals surface area (Å²) in [6, 6.07) is 7.96. The van der Waals surface area contributed by atoms with E-state index in [4.69, 9.17) is 10.00 Å². The Bertz CT molecular complexity index is 513. The van der Waals surface area contributed by atoms with Crippen molar-refractivity contribution < 1.29 is 9.84 Å². The molecule has 1 aromatic carbocycles. The SMILES string of the molecule is CC(C)c1cc(OCC2CCCCC2)cc(C(O)CC#N)c1. The van der Waals surface area contributed by atoms with Crippen LogP contribution in [-0.2, 0) is 0 Å². The fourth-order valence-electron chi connectivity index (χ4n) is 3.03. The molecule has 1 N–H and O–H groups in total. The van der Waals surface area contributed by atoms with Crippen molar-refractivity contribution in [2.45, 2.75) is 64.4 Å². The predicted octanol–water partition coefficient (Wildman–Crippen LogP) is 4.72. The number of ether oxygens (including phenoxy) is 1. The van der Waals surface area contributed by atoms with Gasteiger partial charge in [-0.2, -0.15) is 5.26 Å². The van der Waals surface area contributed by atoms with Crippen LogP contribution in [0.2, 0.25) is 0 Å². The van der Waals surface area contributed by atoms with Gasteiger partial charge in [-0.3, -0.25) is 0 Å². The minimum atomic E-state index is -0.735. The van der Waals surface area contributed by atoms with Crippen LogP contribution >= 0.6 is 0 Å². The zero-order chi connectivity index (χ0) is 15.9. The van der Waals surface area contributed by atoms with Crippen LogP contribution in [0, 0.1) is 17.2 Å². The van der Waals surface area contributed by atoms with Gasteiger partial charge >= 0.3 is 0 Å². The Kier molecular flexibility index (Phi) is 6.27. The minimum absolute atomic E-state index is 0.115. The van der Waals surface area contributed by atoms with E-state index in [-0.39, 0.29) is 6.42 Å². The number of benzene rings is 1. The fraction of sp³-hybridized carbons (Fsp3) is 0.632. The smallest absolute Gasteiger partial charge is 0.119 e. The van der Waals surface area contributed by atoms with Gasteiger partial charge in [0.1, 0.15) is 5.75 Å². The van der Waals surface area contributed by atoms with Gasteiger partial charge in [-0.05, 0) is 47.9 Å². The van der Waals surface area contributed by atoms with Gasteiger partial charge in [0.05, 0.1) is 25.2 Å². The summed E-state index contributed by atoms with van der Waals surface area (Å²) in [5.41, 5.74) is 1.93. The van der Waals surface area contributed by atoms with Crippen molar-refractivity contribution >= 4 is 0 Å².